The van der Waals surface area contributed by atoms with Gasteiger partial charge in [-0.25, -0.2) is 0 Å². The van der Waals surface area contributed by atoms with Crippen LogP contribution in [-0.4, -0.2) is 36.8 Å². The van der Waals surface area contributed by atoms with Crippen LogP contribution in [0.3, 0.4) is 0 Å². The highest BCUT2D eigenvalue weighted by atomic mass is 16.4. The molecule has 0 saturated carbocycles. The van der Waals surface area contributed by atoms with Crippen molar-refractivity contribution in [3.63, 3.8) is 0 Å². The number of nitrogens with zero attached hydrogens (tertiary/aromatic N) is 3. The van der Waals surface area contributed by atoms with Gasteiger partial charge >= 0.3 is 5.97 Å². The van der Waals surface area contributed by atoms with Gasteiger partial charge in [-0.2, -0.15) is 5.10 Å². The molecule has 0 unspecified atom stereocenters. The fourth-order valence-corrected chi connectivity index (χ4v) is 3.46. The van der Waals surface area contributed by atoms with Gasteiger partial charge in [0.1, 0.15) is 6.04 Å². The normalized spacial score (nSPS) is 18.2. The van der Waals surface area contributed by atoms with Crippen LogP contribution in [0.1, 0.15) is 16.8 Å². The zero-order valence-corrected chi connectivity index (χ0v) is 12.9. The Morgan fingerprint density at radius 3 is 3.00 bits per heavy atom. The monoisotopic (exact) mass is 310 g/mol. The first-order valence-corrected chi connectivity index (χ1v) is 7.64. The van der Waals surface area contributed by atoms with E-state index in [2.05, 4.69) is 16.1 Å². The zero-order chi connectivity index (χ0) is 16.0. The standard InChI is InChI=1S/C17H18N4O2/c1-20-8-11(7-18-20)9-21-10-15-13(6-16(21)17(22)23)12-4-2-3-5-14(12)19-15/h2-5,7-8,16,19H,6,9-10H2,1H3,(H,22,23)/t16-/m0/s1. The Hall–Kier alpha value is -2.60. The quantitative estimate of drug-likeness (QED) is 0.775. The lowest BCUT2D eigenvalue weighted by atomic mass is 9.96. The van der Waals surface area contributed by atoms with Crippen molar-refractivity contribution in [3.05, 3.63) is 53.5 Å². The minimum Gasteiger partial charge on any atom is -0.480 e. The number of benzene rings is 1. The number of hydrogen-bond acceptors (Lipinski definition) is 3. The van der Waals surface area contributed by atoms with E-state index in [0.29, 0.717) is 19.5 Å². The molecule has 3 aromatic rings. The summed E-state index contributed by atoms with van der Waals surface area (Å²) in [6.07, 6.45) is 4.24. The maximum absolute atomic E-state index is 11.8. The van der Waals surface area contributed by atoms with Crippen LogP contribution in [-0.2, 0) is 31.4 Å². The van der Waals surface area contributed by atoms with Gasteiger partial charge in [0.15, 0.2) is 0 Å². The number of hydrogen-bond donors (Lipinski definition) is 2. The van der Waals surface area contributed by atoms with Gasteiger partial charge in [-0.05, 0) is 11.6 Å². The van der Waals surface area contributed by atoms with Crippen LogP contribution < -0.4 is 0 Å². The van der Waals surface area contributed by atoms with Crippen molar-refractivity contribution in [2.75, 3.05) is 0 Å². The first-order valence-electron chi connectivity index (χ1n) is 7.64. The average molecular weight is 310 g/mol. The maximum Gasteiger partial charge on any atom is 0.321 e. The Morgan fingerprint density at radius 2 is 2.26 bits per heavy atom. The number of carboxylic acids is 1. The Morgan fingerprint density at radius 1 is 1.43 bits per heavy atom. The lowest BCUT2D eigenvalue weighted by molar-refractivity contribution is -0.144. The SMILES string of the molecule is Cn1cc(CN2Cc3[nH]c4ccccc4c3C[C@H]2C(=O)O)cn1. The van der Waals surface area contributed by atoms with E-state index in [9.17, 15) is 9.90 Å². The molecule has 2 N–H and O–H groups in total. The van der Waals surface area contributed by atoms with Crippen molar-refractivity contribution in [3.8, 4) is 0 Å². The number of carbonyl (C=O) groups is 1. The van der Waals surface area contributed by atoms with E-state index in [0.717, 1.165) is 27.7 Å². The molecule has 0 fully saturated rings. The fourth-order valence-electron chi connectivity index (χ4n) is 3.46. The molecule has 0 aliphatic carbocycles. The highest BCUT2D eigenvalue weighted by molar-refractivity contribution is 5.86. The lowest BCUT2D eigenvalue weighted by Gasteiger charge is -2.32. The molecular weight excluding hydrogens is 292 g/mol. The number of carboxylic acid groups (broad SMARTS) is 1. The summed E-state index contributed by atoms with van der Waals surface area (Å²) >= 11 is 0. The van der Waals surface area contributed by atoms with Crippen molar-refractivity contribution in [2.45, 2.75) is 25.6 Å². The molecule has 6 nitrogen and oxygen atoms in total. The molecule has 0 amide bonds. The predicted octanol–water partition coefficient (Wildman–Crippen LogP) is 1.91. The molecule has 4 rings (SSSR count). The van der Waals surface area contributed by atoms with Gasteiger partial charge in [-0.3, -0.25) is 14.4 Å². The minimum atomic E-state index is -0.773. The van der Waals surface area contributed by atoms with Gasteiger partial charge in [0.2, 0.25) is 0 Å². The summed E-state index contributed by atoms with van der Waals surface area (Å²) in [5.41, 5.74) is 4.35. The number of fused-ring (bicyclic) bond motifs is 3. The first-order chi connectivity index (χ1) is 11.1. The van der Waals surface area contributed by atoms with Gasteiger partial charge in [-0.1, -0.05) is 18.2 Å². The summed E-state index contributed by atoms with van der Waals surface area (Å²) in [5.74, 6) is -0.773. The smallest absolute Gasteiger partial charge is 0.321 e. The largest absolute Gasteiger partial charge is 0.480 e. The molecule has 1 atom stereocenters. The lowest BCUT2D eigenvalue weighted by Crippen LogP contribution is -2.44. The summed E-state index contributed by atoms with van der Waals surface area (Å²) in [7, 11) is 1.87. The second-order valence-electron chi connectivity index (χ2n) is 6.11. The van der Waals surface area contributed by atoms with Crippen molar-refractivity contribution in [1.82, 2.24) is 19.7 Å². The first kappa shape index (κ1) is 14.0. The molecule has 1 aliphatic rings. The van der Waals surface area contributed by atoms with Crippen LogP contribution in [0.2, 0.25) is 0 Å². The number of aryl methyl sites for hydroxylation is 1. The highest BCUT2D eigenvalue weighted by Crippen LogP contribution is 2.31. The van der Waals surface area contributed by atoms with E-state index in [4.69, 9.17) is 0 Å². The van der Waals surface area contributed by atoms with Gasteiger partial charge in [-0.15, -0.1) is 0 Å². The second-order valence-corrected chi connectivity index (χ2v) is 6.11. The third kappa shape index (κ3) is 2.41. The number of rotatable bonds is 3. The Bertz CT molecular complexity index is 880. The summed E-state index contributed by atoms with van der Waals surface area (Å²) < 4.78 is 1.74. The molecule has 0 spiro atoms. The number of aromatic nitrogens is 3. The summed E-state index contributed by atoms with van der Waals surface area (Å²) in [4.78, 5) is 17.2. The molecule has 6 heteroatoms. The molecule has 3 heterocycles. The third-order valence-corrected chi connectivity index (χ3v) is 4.53. The van der Waals surface area contributed by atoms with Crippen LogP contribution in [0.15, 0.2) is 36.7 Å². The second kappa shape index (κ2) is 5.24. The highest BCUT2D eigenvalue weighted by Gasteiger charge is 2.33. The van der Waals surface area contributed by atoms with Crippen molar-refractivity contribution in [1.29, 1.82) is 0 Å². The van der Waals surface area contributed by atoms with Crippen molar-refractivity contribution in [2.24, 2.45) is 7.05 Å². The van der Waals surface area contributed by atoms with Crippen LogP contribution in [0, 0.1) is 0 Å². The van der Waals surface area contributed by atoms with Crippen molar-refractivity contribution >= 4 is 16.9 Å². The fraction of sp³-hybridized carbons (Fsp3) is 0.294. The van der Waals surface area contributed by atoms with E-state index < -0.39 is 12.0 Å². The maximum atomic E-state index is 11.8. The van der Waals surface area contributed by atoms with Crippen molar-refractivity contribution < 1.29 is 9.90 Å². The van der Waals surface area contributed by atoms with E-state index in [1.807, 2.05) is 36.3 Å². The average Bonchev–Trinajstić information content (AvgIpc) is 3.09. The van der Waals surface area contributed by atoms with Gasteiger partial charge in [0.25, 0.3) is 0 Å². The summed E-state index contributed by atoms with van der Waals surface area (Å²) in [6.45, 7) is 1.19. The Balaban J connectivity index is 1.71. The van der Waals surface area contributed by atoms with E-state index in [1.165, 1.54) is 0 Å². The van der Waals surface area contributed by atoms with E-state index >= 15 is 0 Å². The molecule has 118 valence electrons. The van der Waals surface area contributed by atoms with Crippen LogP contribution >= 0.6 is 0 Å². The predicted molar refractivity (Wildman–Crippen MR) is 85.9 cm³/mol. The molecule has 23 heavy (non-hydrogen) atoms. The van der Waals surface area contributed by atoms with Crippen LogP contribution in [0.25, 0.3) is 10.9 Å². The number of aliphatic carboxylic acids is 1. The van der Waals surface area contributed by atoms with E-state index in [1.54, 1.807) is 10.9 Å². The van der Waals surface area contributed by atoms with Gasteiger partial charge in [0, 0.05) is 54.9 Å². The Labute approximate surface area is 133 Å². The number of aromatic amines is 1. The minimum absolute atomic E-state index is 0.512. The van der Waals surface area contributed by atoms with Gasteiger partial charge in [0.05, 0.1) is 6.20 Å². The molecular formula is C17H18N4O2. The molecule has 2 aromatic heterocycles. The topological polar surface area (TPSA) is 74.2 Å². The molecule has 1 aliphatic heterocycles. The number of para-hydroxylation sites is 1. The molecule has 1 aromatic carbocycles. The molecule has 0 saturated heterocycles. The molecule has 0 bridgehead atoms. The zero-order valence-electron chi connectivity index (χ0n) is 12.9. The molecule has 0 radical (unpaired) electrons. The summed E-state index contributed by atoms with van der Waals surface area (Å²) in [5, 5.41) is 15.0. The van der Waals surface area contributed by atoms with Gasteiger partial charge < -0.3 is 10.1 Å². The van der Waals surface area contributed by atoms with Crippen LogP contribution in [0.4, 0.5) is 0 Å². The van der Waals surface area contributed by atoms with Crippen LogP contribution in [0.5, 0.6) is 0 Å². The third-order valence-electron chi connectivity index (χ3n) is 4.53. The summed E-state index contributed by atoms with van der Waals surface area (Å²) in [6, 6.07) is 7.57. The number of nitrogens with one attached hydrogen (secondary N) is 1. The Kier molecular flexibility index (Phi) is 3.20. The van der Waals surface area contributed by atoms with E-state index in [-0.39, 0.29) is 0 Å². The number of H-pyrrole nitrogens is 1.